The quantitative estimate of drug-likeness (QED) is 0.890. The van der Waals surface area contributed by atoms with Gasteiger partial charge in [-0.15, -0.1) is 11.3 Å². The molecular weight excluding hydrogens is 301 g/mol. The number of benzene rings is 1. The summed E-state index contributed by atoms with van der Waals surface area (Å²) in [5, 5.41) is 10.5. The fraction of sp³-hybridized carbons (Fsp3) is 0.286. The number of aliphatic hydroxyl groups excluding tert-OH is 1. The third-order valence-corrected chi connectivity index (χ3v) is 4.66. The van der Waals surface area contributed by atoms with Gasteiger partial charge in [-0.2, -0.15) is 0 Å². The zero-order chi connectivity index (χ0) is 14.0. The summed E-state index contributed by atoms with van der Waals surface area (Å²) in [6.45, 7) is 2.36. The highest BCUT2D eigenvalue weighted by molar-refractivity contribution is 7.20. The Labute approximate surface area is 126 Å². The van der Waals surface area contributed by atoms with Crippen molar-refractivity contribution in [3.8, 4) is 0 Å². The molecular formula is C14H15Cl2NOS. The highest BCUT2D eigenvalue weighted by Crippen LogP contribution is 2.40. The second-order valence-corrected chi connectivity index (χ2v) is 6.76. The molecule has 2 rings (SSSR count). The minimum absolute atomic E-state index is 0.191. The number of nitrogens with two attached hydrogens (primary N) is 1. The summed E-state index contributed by atoms with van der Waals surface area (Å²) >= 11 is 13.3. The lowest BCUT2D eigenvalue weighted by Gasteiger charge is -2.22. The van der Waals surface area contributed by atoms with E-state index in [2.05, 4.69) is 0 Å². The number of thiophene rings is 1. The van der Waals surface area contributed by atoms with E-state index in [0.29, 0.717) is 20.8 Å². The largest absolute Gasteiger partial charge is 0.388 e. The van der Waals surface area contributed by atoms with Gasteiger partial charge in [0.05, 0.1) is 10.4 Å². The normalized spacial score (nSPS) is 14.4. The van der Waals surface area contributed by atoms with Crippen LogP contribution in [0.4, 0.5) is 0 Å². The van der Waals surface area contributed by atoms with Crippen LogP contribution in [0.3, 0.4) is 0 Å². The number of halogens is 2. The minimum atomic E-state index is -0.746. The monoisotopic (exact) mass is 315 g/mol. The molecule has 2 atom stereocenters. The predicted octanol–water partition coefficient (Wildman–Crippen LogP) is 4.14. The van der Waals surface area contributed by atoms with E-state index in [0.717, 1.165) is 5.56 Å². The third kappa shape index (κ3) is 3.30. The van der Waals surface area contributed by atoms with Crippen molar-refractivity contribution in [3.63, 3.8) is 0 Å². The predicted molar refractivity (Wildman–Crippen MR) is 82.3 cm³/mol. The maximum atomic E-state index is 10.5. The Bertz CT molecular complexity index is 553. The van der Waals surface area contributed by atoms with Crippen LogP contribution in [0.2, 0.25) is 8.67 Å². The van der Waals surface area contributed by atoms with Crippen LogP contribution in [0.1, 0.15) is 28.7 Å². The van der Waals surface area contributed by atoms with Crippen molar-refractivity contribution in [1.29, 1.82) is 0 Å². The van der Waals surface area contributed by atoms with Gasteiger partial charge in [-0.3, -0.25) is 0 Å². The molecule has 1 aromatic carbocycles. The molecule has 0 aliphatic carbocycles. The Morgan fingerprint density at radius 2 is 1.89 bits per heavy atom. The van der Waals surface area contributed by atoms with E-state index in [4.69, 9.17) is 28.9 Å². The van der Waals surface area contributed by atoms with Gasteiger partial charge in [-0.1, -0.05) is 53.0 Å². The Morgan fingerprint density at radius 1 is 1.26 bits per heavy atom. The molecule has 0 amide bonds. The molecule has 0 spiro atoms. The molecule has 102 valence electrons. The molecule has 0 aliphatic heterocycles. The van der Waals surface area contributed by atoms with Gasteiger partial charge >= 0.3 is 0 Å². The molecule has 3 N–H and O–H groups in total. The van der Waals surface area contributed by atoms with E-state index in [1.165, 1.54) is 16.9 Å². The number of aliphatic hydroxyl groups is 1. The van der Waals surface area contributed by atoms with E-state index >= 15 is 0 Å². The Morgan fingerprint density at radius 3 is 2.37 bits per heavy atom. The standard InChI is InChI=1S/C14H15Cl2NOS/c1-8-2-4-9(5-3-8)11(7-17)13(18)10-6-12(15)19-14(10)16/h2-6,11,13,18H,7,17H2,1H3. The smallest absolute Gasteiger partial charge is 0.100 e. The van der Waals surface area contributed by atoms with Gasteiger partial charge in [-0.05, 0) is 18.6 Å². The molecule has 0 saturated carbocycles. The molecule has 2 unspecified atom stereocenters. The van der Waals surface area contributed by atoms with E-state index in [-0.39, 0.29) is 5.92 Å². The van der Waals surface area contributed by atoms with Crippen LogP contribution in [0, 0.1) is 6.92 Å². The average molecular weight is 316 g/mol. The Kier molecular flexibility index (Phi) is 4.87. The van der Waals surface area contributed by atoms with E-state index < -0.39 is 6.10 Å². The fourth-order valence-corrected chi connectivity index (χ4v) is 3.57. The van der Waals surface area contributed by atoms with Crippen LogP contribution in [-0.4, -0.2) is 11.7 Å². The highest BCUT2D eigenvalue weighted by Gasteiger charge is 2.25. The lowest BCUT2D eigenvalue weighted by Crippen LogP contribution is -2.20. The summed E-state index contributed by atoms with van der Waals surface area (Å²) in [4.78, 5) is 0. The molecule has 2 aromatic rings. The number of hydrogen-bond acceptors (Lipinski definition) is 3. The second-order valence-electron chi connectivity index (χ2n) is 4.48. The minimum Gasteiger partial charge on any atom is -0.388 e. The average Bonchev–Trinajstić information content (AvgIpc) is 2.71. The maximum absolute atomic E-state index is 10.5. The summed E-state index contributed by atoms with van der Waals surface area (Å²) < 4.78 is 1.08. The van der Waals surface area contributed by atoms with Gasteiger partial charge in [0.15, 0.2) is 0 Å². The topological polar surface area (TPSA) is 46.2 Å². The van der Waals surface area contributed by atoms with Crippen molar-refractivity contribution in [2.24, 2.45) is 5.73 Å². The lowest BCUT2D eigenvalue weighted by molar-refractivity contribution is 0.148. The maximum Gasteiger partial charge on any atom is 0.100 e. The zero-order valence-corrected chi connectivity index (χ0v) is 12.8. The molecule has 1 heterocycles. The van der Waals surface area contributed by atoms with Crippen LogP contribution in [-0.2, 0) is 0 Å². The van der Waals surface area contributed by atoms with E-state index in [1.54, 1.807) is 6.07 Å². The number of hydrogen-bond donors (Lipinski definition) is 2. The molecule has 0 bridgehead atoms. The highest BCUT2D eigenvalue weighted by atomic mass is 35.5. The van der Waals surface area contributed by atoms with Crippen molar-refractivity contribution in [2.75, 3.05) is 6.54 Å². The van der Waals surface area contributed by atoms with Crippen LogP contribution in [0.15, 0.2) is 30.3 Å². The first-order chi connectivity index (χ1) is 9.02. The Hall–Kier alpha value is -0.580. The first kappa shape index (κ1) is 14.8. The van der Waals surface area contributed by atoms with Crippen LogP contribution < -0.4 is 5.73 Å². The van der Waals surface area contributed by atoms with Crippen molar-refractivity contribution < 1.29 is 5.11 Å². The first-order valence-electron chi connectivity index (χ1n) is 5.92. The van der Waals surface area contributed by atoms with Crippen LogP contribution in [0.25, 0.3) is 0 Å². The van der Waals surface area contributed by atoms with Crippen LogP contribution >= 0.6 is 34.5 Å². The van der Waals surface area contributed by atoms with Gasteiger partial charge in [0.2, 0.25) is 0 Å². The summed E-state index contributed by atoms with van der Waals surface area (Å²) in [5.41, 5.74) is 8.62. The number of aryl methyl sites for hydroxylation is 1. The summed E-state index contributed by atoms with van der Waals surface area (Å²) in [6.07, 6.45) is -0.746. The summed E-state index contributed by atoms with van der Waals surface area (Å²) in [5.74, 6) is -0.191. The third-order valence-electron chi connectivity index (χ3n) is 3.14. The molecule has 0 saturated heterocycles. The van der Waals surface area contributed by atoms with Crippen molar-refractivity contribution in [3.05, 3.63) is 55.7 Å². The van der Waals surface area contributed by atoms with Crippen molar-refractivity contribution >= 4 is 34.5 Å². The molecule has 2 nitrogen and oxygen atoms in total. The van der Waals surface area contributed by atoms with Crippen molar-refractivity contribution in [2.45, 2.75) is 18.9 Å². The Balaban J connectivity index is 2.31. The second kappa shape index (κ2) is 6.25. The van der Waals surface area contributed by atoms with E-state index in [1.807, 2.05) is 31.2 Å². The van der Waals surface area contributed by atoms with Gasteiger partial charge in [-0.25, -0.2) is 0 Å². The number of rotatable bonds is 4. The van der Waals surface area contributed by atoms with Crippen molar-refractivity contribution in [1.82, 2.24) is 0 Å². The molecule has 0 aliphatic rings. The van der Waals surface area contributed by atoms with Gasteiger partial charge in [0.1, 0.15) is 4.34 Å². The molecule has 5 heteroatoms. The van der Waals surface area contributed by atoms with Gasteiger partial charge < -0.3 is 10.8 Å². The summed E-state index contributed by atoms with van der Waals surface area (Å²) in [6, 6.07) is 9.69. The molecule has 0 fully saturated rings. The zero-order valence-electron chi connectivity index (χ0n) is 10.4. The molecule has 0 radical (unpaired) electrons. The van der Waals surface area contributed by atoms with Gasteiger partial charge in [0, 0.05) is 18.0 Å². The first-order valence-corrected chi connectivity index (χ1v) is 7.49. The lowest BCUT2D eigenvalue weighted by atomic mass is 9.90. The SMILES string of the molecule is Cc1ccc(C(CN)C(O)c2cc(Cl)sc2Cl)cc1. The molecule has 19 heavy (non-hydrogen) atoms. The molecule has 1 aromatic heterocycles. The van der Waals surface area contributed by atoms with Gasteiger partial charge in [0.25, 0.3) is 0 Å². The fourth-order valence-electron chi connectivity index (χ4n) is 2.03. The van der Waals surface area contributed by atoms with E-state index in [9.17, 15) is 5.11 Å². The summed E-state index contributed by atoms with van der Waals surface area (Å²) in [7, 11) is 0. The van der Waals surface area contributed by atoms with Crippen LogP contribution in [0.5, 0.6) is 0 Å².